The van der Waals surface area contributed by atoms with Gasteiger partial charge in [-0.1, -0.05) is 11.8 Å². The average molecular weight is 306 g/mol. The zero-order chi connectivity index (χ0) is 15.1. The first-order valence-electron chi connectivity index (χ1n) is 7.38. The van der Waals surface area contributed by atoms with E-state index in [-0.39, 0.29) is 12.5 Å². The van der Waals surface area contributed by atoms with E-state index in [0.717, 1.165) is 35.9 Å². The predicted octanol–water partition coefficient (Wildman–Crippen LogP) is 1.65. The largest absolute Gasteiger partial charge is 0.395 e. The number of carbonyl (C=O) groups excluding carboxylic acids is 1. The van der Waals surface area contributed by atoms with Crippen molar-refractivity contribution in [2.45, 2.75) is 19.3 Å². The third-order valence-electron chi connectivity index (χ3n) is 3.56. The number of likely N-dealkylation sites (tertiary alicyclic amines) is 1. The summed E-state index contributed by atoms with van der Waals surface area (Å²) in [6.45, 7) is 4.11. The Morgan fingerprint density at radius 1 is 1.43 bits per heavy atom. The van der Waals surface area contributed by atoms with E-state index in [1.54, 1.807) is 4.90 Å². The lowest BCUT2D eigenvalue weighted by atomic mass is 10.3. The number of nitrogens with zero attached hydrogens (tertiary/aromatic N) is 2. The summed E-state index contributed by atoms with van der Waals surface area (Å²) in [7, 11) is 1.86. The van der Waals surface area contributed by atoms with Crippen molar-refractivity contribution in [2.24, 2.45) is 0 Å². The highest BCUT2D eigenvalue weighted by molar-refractivity contribution is 7.14. The Hall–Kier alpha value is -1.35. The molecular weight excluding hydrogens is 284 g/mol. The van der Waals surface area contributed by atoms with E-state index in [1.807, 2.05) is 19.2 Å². The molecule has 0 spiro atoms. The quantitative estimate of drug-likeness (QED) is 0.841. The van der Waals surface area contributed by atoms with Crippen LogP contribution in [0.3, 0.4) is 0 Å². The van der Waals surface area contributed by atoms with Gasteiger partial charge in [-0.25, -0.2) is 0 Å². The molecular formula is C16H22N2O2S. The van der Waals surface area contributed by atoms with Crippen molar-refractivity contribution >= 4 is 17.2 Å². The number of hydrogen-bond donors (Lipinski definition) is 1. The first kappa shape index (κ1) is 16.0. The maximum Gasteiger partial charge on any atom is 0.263 e. The second-order valence-corrected chi connectivity index (χ2v) is 6.30. The van der Waals surface area contributed by atoms with E-state index in [0.29, 0.717) is 6.42 Å². The number of likely N-dealkylation sites (N-methyl/N-ethyl adjacent to an activating group) is 1. The van der Waals surface area contributed by atoms with Gasteiger partial charge in [-0.2, -0.15) is 0 Å². The number of rotatable bonds is 5. The van der Waals surface area contributed by atoms with Gasteiger partial charge in [-0.15, -0.1) is 11.3 Å². The molecule has 1 amide bonds. The first-order chi connectivity index (χ1) is 10.2. The van der Waals surface area contributed by atoms with Crippen LogP contribution in [0.1, 0.15) is 33.8 Å². The minimum atomic E-state index is 0.0643. The van der Waals surface area contributed by atoms with E-state index in [4.69, 9.17) is 5.11 Å². The van der Waals surface area contributed by atoms with Crippen molar-refractivity contribution in [2.75, 3.05) is 39.8 Å². The van der Waals surface area contributed by atoms with E-state index < -0.39 is 0 Å². The molecule has 21 heavy (non-hydrogen) atoms. The molecule has 5 heteroatoms. The number of aliphatic hydroxyl groups excluding tert-OH is 1. The van der Waals surface area contributed by atoms with Gasteiger partial charge in [-0.05, 0) is 38.1 Å². The Morgan fingerprint density at radius 2 is 2.19 bits per heavy atom. The molecule has 0 aliphatic carbocycles. The fraction of sp³-hybridized carbons (Fsp3) is 0.562. The van der Waals surface area contributed by atoms with Gasteiger partial charge in [0, 0.05) is 26.6 Å². The molecule has 4 nitrogen and oxygen atoms in total. The molecule has 1 aliphatic rings. The molecule has 1 fully saturated rings. The van der Waals surface area contributed by atoms with Crippen LogP contribution in [0.25, 0.3) is 0 Å². The number of aliphatic hydroxyl groups is 1. The molecule has 0 saturated carbocycles. The van der Waals surface area contributed by atoms with Crippen LogP contribution in [-0.2, 0) is 0 Å². The van der Waals surface area contributed by atoms with Gasteiger partial charge in [0.05, 0.1) is 16.4 Å². The normalized spacial score (nSPS) is 14.8. The minimum absolute atomic E-state index is 0.0643. The summed E-state index contributed by atoms with van der Waals surface area (Å²) in [6.07, 6.45) is 3.02. The standard InChI is InChI=1S/C16H22N2O2S/c1-17(11-12-18-9-3-4-10-18)16(20)15-8-7-14(21-15)6-2-5-13-19/h7-8,19H,3-5,9-13H2,1H3. The smallest absolute Gasteiger partial charge is 0.263 e. The fourth-order valence-electron chi connectivity index (χ4n) is 2.31. The van der Waals surface area contributed by atoms with E-state index >= 15 is 0 Å². The van der Waals surface area contributed by atoms with Crippen LogP contribution in [0.4, 0.5) is 0 Å². The molecule has 1 N–H and O–H groups in total. The molecule has 1 saturated heterocycles. The monoisotopic (exact) mass is 306 g/mol. The van der Waals surface area contributed by atoms with Gasteiger partial charge in [0.25, 0.3) is 5.91 Å². The van der Waals surface area contributed by atoms with Crippen LogP contribution in [0.2, 0.25) is 0 Å². The lowest BCUT2D eigenvalue weighted by Gasteiger charge is -2.20. The van der Waals surface area contributed by atoms with Gasteiger partial charge in [-0.3, -0.25) is 4.79 Å². The molecule has 1 aromatic heterocycles. The third kappa shape index (κ3) is 4.85. The van der Waals surface area contributed by atoms with Gasteiger partial charge in [0.2, 0.25) is 0 Å². The fourth-order valence-corrected chi connectivity index (χ4v) is 3.19. The highest BCUT2D eigenvalue weighted by atomic mass is 32.1. The summed E-state index contributed by atoms with van der Waals surface area (Å²) in [4.78, 5) is 18.1. The lowest BCUT2D eigenvalue weighted by molar-refractivity contribution is 0.0787. The van der Waals surface area contributed by atoms with Crippen molar-refractivity contribution in [1.82, 2.24) is 9.80 Å². The Labute approximate surface area is 130 Å². The molecule has 1 aliphatic heterocycles. The van der Waals surface area contributed by atoms with E-state index in [1.165, 1.54) is 24.2 Å². The minimum Gasteiger partial charge on any atom is -0.395 e. The lowest BCUT2D eigenvalue weighted by Crippen LogP contribution is -2.34. The Balaban J connectivity index is 1.85. The first-order valence-corrected chi connectivity index (χ1v) is 8.20. The van der Waals surface area contributed by atoms with Crippen LogP contribution in [0, 0.1) is 11.8 Å². The number of carbonyl (C=O) groups is 1. The second-order valence-electron chi connectivity index (χ2n) is 5.21. The van der Waals surface area contributed by atoms with Crippen LogP contribution in [-0.4, -0.2) is 60.6 Å². The predicted molar refractivity (Wildman–Crippen MR) is 85.5 cm³/mol. The maximum atomic E-state index is 12.3. The summed E-state index contributed by atoms with van der Waals surface area (Å²) in [5.74, 6) is 5.90. The molecule has 2 heterocycles. The van der Waals surface area contributed by atoms with Crippen molar-refractivity contribution in [3.05, 3.63) is 21.9 Å². The zero-order valence-corrected chi connectivity index (χ0v) is 13.3. The SMILES string of the molecule is CN(CCN1CCCC1)C(=O)c1ccc(C#CCCO)s1. The van der Waals surface area contributed by atoms with Crippen molar-refractivity contribution in [3.63, 3.8) is 0 Å². The van der Waals surface area contributed by atoms with Gasteiger partial charge >= 0.3 is 0 Å². The van der Waals surface area contributed by atoms with Crippen molar-refractivity contribution < 1.29 is 9.90 Å². The highest BCUT2D eigenvalue weighted by Gasteiger charge is 2.16. The highest BCUT2D eigenvalue weighted by Crippen LogP contribution is 2.17. The summed E-state index contributed by atoms with van der Waals surface area (Å²) < 4.78 is 0. The maximum absolute atomic E-state index is 12.3. The van der Waals surface area contributed by atoms with Gasteiger partial charge < -0.3 is 14.9 Å². The number of amides is 1. The topological polar surface area (TPSA) is 43.8 Å². The van der Waals surface area contributed by atoms with E-state index in [2.05, 4.69) is 16.7 Å². The van der Waals surface area contributed by atoms with Crippen LogP contribution >= 0.6 is 11.3 Å². The average Bonchev–Trinajstić information content (AvgIpc) is 3.15. The molecule has 0 aromatic carbocycles. The Kier molecular flexibility index (Phi) is 6.24. The summed E-state index contributed by atoms with van der Waals surface area (Å²) >= 11 is 1.42. The number of thiophene rings is 1. The number of hydrogen-bond acceptors (Lipinski definition) is 4. The third-order valence-corrected chi connectivity index (χ3v) is 4.55. The van der Waals surface area contributed by atoms with Crippen molar-refractivity contribution in [1.29, 1.82) is 0 Å². The molecule has 0 atom stereocenters. The summed E-state index contributed by atoms with van der Waals surface area (Å²) in [5, 5.41) is 8.70. The molecule has 0 radical (unpaired) electrons. The summed E-state index contributed by atoms with van der Waals surface area (Å²) in [5.41, 5.74) is 0. The van der Waals surface area contributed by atoms with Crippen LogP contribution in [0.5, 0.6) is 0 Å². The zero-order valence-electron chi connectivity index (χ0n) is 12.5. The van der Waals surface area contributed by atoms with Crippen molar-refractivity contribution in [3.8, 4) is 11.8 Å². The Bertz CT molecular complexity index is 524. The van der Waals surface area contributed by atoms with Gasteiger partial charge in [0.15, 0.2) is 0 Å². The van der Waals surface area contributed by atoms with Gasteiger partial charge in [0.1, 0.15) is 0 Å². The van der Waals surface area contributed by atoms with Crippen LogP contribution < -0.4 is 0 Å². The molecule has 114 valence electrons. The molecule has 1 aromatic rings. The summed E-state index contributed by atoms with van der Waals surface area (Å²) in [6, 6.07) is 3.71. The Morgan fingerprint density at radius 3 is 2.90 bits per heavy atom. The molecule has 0 bridgehead atoms. The second kappa shape index (κ2) is 8.18. The van der Waals surface area contributed by atoms with E-state index in [9.17, 15) is 4.79 Å². The molecule has 2 rings (SSSR count). The van der Waals surface area contributed by atoms with Crippen LogP contribution in [0.15, 0.2) is 12.1 Å². The molecule has 0 unspecified atom stereocenters.